The van der Waals surface area contributed by atoms with E-state index in [2.05, 4.69) is 43.4 Å². The van der Waals surface area contributed by atoms with Crippen LogP contribution >= 0.6 is 0 Å². The van der Waals surface area contributed by atoms with Gasteiger partial charge in [0.05, 0.1) is 0 Å². The normalized spacial score (nSPS) is 13.6. The number of nitrogens with one attached hydrogen (secondary N) is 1. The summed E-state index contributed by atoms with van der Waals surface area (Å²) in [4.78, 5) is 0. The third-order valence-corrected chi connectivity index (χ3v) is 4.39. The highest BCUT2D eigenvalue weighted by atomic mass is 32.2. The Bertz CT molecular complexity index is 469. The average molecular weight is 297 g/mol. The summed E-state index contributed by atoms with van der Waals surface area (Å²) in [5.41, 5.74) is 1.33. The second kappa shape index (κ2) is 8.42. The zero-order valence-electron chi connectivity index (χ0n) is 12.8. The molecular formula is C16H27NO2S. The quantitative estimate of drug-likeness (QED) is 0.713. The van der Waals surface area contributed by atoms with Crippen molar-refractivity contribution in [3.05, 3.63) is 35.9 Å². The zero-order chi connectivity index (χ0) is 15.0. The van der Waals surface area contributed by atoms with Gasteiger partial charge in [0.25, 0.3) is 0 Å². The van der Waals surface area contributed by atoms with Crippen LogP contribution in [0.1, 0.15) is 44.6 Å². The summed E-state index contributed by atoms with van der Waals surface area (Å²) in [5.74, 6) is 0.754. The largest absolute Gasteiger partial charge is 0.314 e. The van der Waals surface area contributed by atoms with Crippen LogP contribution in [-0.2, 0) is 9.84 Å². The van der Waals surface area contributed by atoms with Gasteiger partial charge in [-0.1, -0.05) is 50.6 Å². The van der Waals surface area contributed by atoms with Gasteiger partial charge in [-0.05, 0) is 24.3 Å². The Kier molecular flexibility index (Phi) is 7.24. The molecule has 0 aromatic heterocycles. The van der Waals surface area contributed by atoms with E-state index in [-0.39, 0.29) is 0 Å². The fraction of sp³-hybridized carbons (Fsp3) is 0.625. The van der Waals surface area contributed by atoms with Crippen LogP contribution in [0.25, 0.3) is 0 Å². The average Bonchev–Trinajstić information content (AvgIpc) is 2.37. The monoisotopic (exact) mass is 297 g/mol. The summed E-state index contributed by atoms with van der Waals surface area (Å²) < 4.78 is 22.3. The number of rotatable bonds is 9. The summed E-state index contributed by atoms with van der Waals surface area (Å²) in [7, 11) is -2.83. The van der Waals surface area contributed by atoms with Crippen LogP contribution in [0.2, 0.25) is 0 Å². The summed E-state index contributed by atoms with van der Waals surface area (Å²) in [6, 6.07) is 10.9. The predicted octanol–water partition coefficient (Wildman–Crippen LogP) is 2.98. The third-order valence-electron chi connectivity index (χ3n) is 3.36. The van der Waals surface area contributed by atoms with Gasteiger partial charge in [-0.15, -0.1) is 0 Å². The molecule has 0 saturated heterocycles. The molecule has 3 nitrogen and oxygen atoms in total. The van der Waals surface area contributed by atoms with Crippen LogP contribution in [0, 0.1) is 0 Å². The van der Waals surface area contributed by atoms with E-state index >= 15 is 0 Å². The summed E-state index contributed by atoms with van der Waals surface area (Å²) in [5, 5.41) is 3.48. The van der Waals surface area contributed by atoms with Gasteiger partial charge in [0.1, 0.15) is 9.84 Å². The first-order valence-corrected chi connectivity index (χ1v) is 9.40. The van der Waals surface area contributed by atoms with Crippen molar-refractivity contribution < 1.29 is 8.42 Å². The summed E-state index contributed by atoms with van der Waals surface area (Å²) in [6.45, 7) is 5.23. The van der Waals surface area contributed by atoms with Crippen LogP contribution in [0.3, 0.4) is 0 Å². The lowest BCUT2D eigenvalue weighted by atomic mass is 9.93. The number of hydrogen-bond acceptors (Lipinski definition) is 3. The fourth-order valence-electron chi connectivity index (χ4n) is 2.24. The van der Waals surface area contributed by atoms with Crippen molar-refractivity contribution in [1.82, 2.24) is 5.32 Å². The molecule has 4 heteroatoms. The summed E-state index contributed by atoms with van der Waals surface area (Å²) >= 11 is 0. The molecule has 0 aliphatic carbocycles. The molecule has 114 valence electrons. The van der Waals surface area contributed by atoms with Gasteiger partial charge in [0.2, 0.25) is 0 Å². The lowest BCUT2D eigenvalue weighted by molar-refractivity contribution is 0.495. The molecule has 0 spiro atoms. The molecule has 0 heterocycles. The second-order valence-electron chi connectivity index (χ2n) is 5.80. The van der Waals surface area contributed by atoms with Gasteiger partial charge in [-0.3, -0.25) is 0 Å². The van der Waals surface area contributed by atoms with Crippen molar-refractivity contribution in [3.63, 3.8) is 0 Å². The molecule has 1 rings (SSSR count). The molecule has 0 radical (unpaired) electrons. The van der Waals surface area contributed by atoms with E-state index in [1.807, 2.05) is 6.07 Å². The van der Waals surface area contributed by atoms with Crippen LogP contribution in [-0.4, -0.2) is 33.0 Å². The molecule has 0 amide bonds. The number of benzene rings is 1. The maximum Gasteiger partial charge on any atom is 0.147 e. The van der Waals surface area contributed by atoms with E-state index in [0.717, 1.165) is 25.8 Å². The number of unbranched alkanes of at least 4 members (excludes halogenated alkanes) is 1. The lowest BCUT2D eigenvalue weighted by Gasteiger charge is -2.19. The molecule has 0 aliphatic rings. The Morgan fingerprint density at radius 1 is 1.10 bits per heavy atom. The number of hydrogen-bond donors (Lipinski definition) is 1. The minimum atomic E-state index is -2.83. The first kappa shape index (κ1) is 17.2. The Labute approximate surface area is 123 Å². The van der Waals surface area contributed by atoms with Gasteiger partial charge in [0, 0.05) is 24.6 Å². The topological polar surface area (TPSA) is 46.2 Å². The maximum atomic E-state index is 11.1. The van der Waals surface area contributed by atoms with Gasteiger partial charge in [0.15, 0.2) is 0 Å². The second-order valence-corrected chi connectivity index (χ2v) is 8.06. The van der Waals surface area contributed by atoms with E-state index in [4.69, 9.17) is 0 Å². The van der Waals surface area contributed by atoms with Crippen LogP contribution < -0.4 is 5.32 Å². The Hall–Kier alpha value is -0.870. The Morgan fingerprint density at radius 2 is 1.75 bits per heavy atom. The number of sulfone groups is 1. The van der Waals surface area contributed by atoms with Crippen molar-refractivity contribution in [1.29, 1.82) is 0 Å². The van der Waals surface area contributed by atoms with Gasteiger partial charge >= 0.3 is 0 Å². The highest BCUT2D eigenvalue weighted by Crippen LogP contribution is 2.21. The van der Waals surface area contributed by atoms with Crippen molar-refractivity contribution in [2.45, 2.75) is 45.1 Å². The molecule has 1 unspecified atom stereocenters. The fourth-order valence-corrected chi connectivity index (χ4v) is 2.97. The molecule has 0 bridgehead atoms. The Balaban J connectivity index is 2.51. The van der Waals surface area contributed by atoms with Crippen LogP contribution in [0.4, 0.5) is 0 Å². The predicted molar refractivity (Wildman–Crippen MR) is 85.9 cm³/mol. The van der Waals surface area contributed by atoms with Gasteiger partial charge < -0.3 is 5.32 Å². The molecule has 1 aromatic rings. The van der Waals surface area contributed by atoms with Gasteiger partial charge in [-0.2, -0.15) is 0 Å². The molecule has 1 N–H and O–H groups in total. The smallest absolute Gasteiger partial charge is 0.147 e. The minimum Gasteiger partial charge on any atom is -0.314 e. The molecular weight excluding hydrogens is 270 g/mol. The SMILES string of the molecule is CC(C)NCC(CCCCS(C)(=O)=O)c1ccccc1. The highest BCUT2D eigenvalue weighted by molar-refractivity contribution is 7.90. The minimum absolute atomic E-state index is 0.298. The molecule has 0 saturated carbocycles. The van der Waals surface area contributed by atoms with E-state index in [1.54, 1.807) is 0 Å². The first-order chi connectivity index (χ1) is 9.38. The molecule has 20 heavy (non-hydrogen) atoms. The first-order valence-electron chi connectivity index (χ1n) is 7.34. The summed E-state index contributed by atoms with van der Waals surface area (Å²) in [6.07, 6.45) is 4.04. The third kappa shape index (κ3) is 7.65. The van der Waals surface area contributed by atoms with Crippen LogP contribution in [0.15, 0.2) is 30.3 Å². The molecule has 0 aliphatic heterocycles. The standard InChI is InChI=1S/C16H27NO2S/c1-14(2)17-13-16(15-9-5-4-6-10-15)11-7-8-12-20(3,18)19/h4-6,9-10,14,16-17H,7-8,11-13H2,1-3H3. The van der Waals surface area contributed by atoms with E-state index < -0.39 is 9.84 Å². The van der Waals surface area contributed by atoms with E-state index in [1.165, 1.54) is 11.8 Å². The van der Waals surface area contributed by atoms with E-state index in [9.17, 15) is 8.42 Å². The van der Waals surface area contributed by atoms with Crippen molar-refractivity contribution in [3.8, 4) is 0 Å². The molecule has 0 fully saturated rings. The Morgan fingerprint density at radius 3 is 2.30 bits per heavy atom. The molecule has 1 aromatic carbocycles. The van der Waals surface area contributed by atoms with Crippen molar-refractivity contribution in [2.75, 3.05) is 18.6 Å². The van der Waals surface area contributed by atoms with E-state index in [0.29, 0.717) is 17.7 Å². The lowest BCUT2D eigenvalue weighted by Crippen LogP contribution is -2.28. The van der Waals surface area contributed by atoms with Gasteiger partial charge in [-0.25, -0.2) is 8.42 Å². The zero-order valence-corrected chi connectivity index (χ0v) is 13.6. The maximum absolute atomic E-state index is 11.1. The van der Waals surface area contributed by atoms with Crippen LogP contribution in [0.5, 0.6) is 0 Å². The van der Waals surface area contributed by atoms with Crippen molar-refractivity contribution >= 4 is 9.84 Å². The van der Waals surface area contributed by atoms with Crippen molar-refractivity contribution in [2.24, 2.45) is 0 Å². The highest BCUT2D eigenvalue weighted by Gasteiger charge is 2.12. The molecule has 1 atom stereocenters.